The molecule has 0 unspecified atom stereocenters. The summed E-state index contributed by atoms with van der Waals surface area (Å²) in [7, 11) is 0. The molecule has 4 N–H and O–H groups in total. The first-order valence-corrected chi connectivity index (χ1v) is 3.72. The van der Waals surface area contributed by atoms with Gasteiger partial charge >= 0.3 is 0 Å². The number of hydrogen-bond donors (Lipinski definition) is 3. The molecule has 1 aromatic carbocycles. The Labute approximate surface area is 71.3 Å². The Hall–Kier alpha value is -1.35. The van der Waals surface area contributed by atoms with Gasteiger partial charge in [0.25, 0.3) is 0 Å². The second-order valence-corrected chi connectivity index (χ2v) is 2.70. The Kier molecular flexibility index (Phi) is 2.45. The Morgan fingerprint density at radius 2 is 2.25 bits per heavy atom. The molecule has 0 aromatic heterocycles. The number of hydrogen-bond acceptors (Lipinski definition) is 3. The third-order valence-electron chi connectivity index (χ3n) is 1.68. The number of benzene rings is 1. The first-order chi connectivity index (χ1) is 5.65. The van der Waals surface area contributed by atoms with Crippen LogP contribution in [0.15, 0.2) is 18.2 Å². The average Bonchev–Trinajstić information content (AvgIpc) is 2.08. The molecular formula is C9H12N2O. The van der Waals surface area contributed by atoms with Gasteiger partial charge in [0.1, 0.15) is 5.75 Å². The van der Waals surface area contributed by atoms with E-state index in [0.717, 1.165) is 5.56 Å². The zero-order chi connectivity index (χ0) is 9.14. The van der Waals surface area contributed by atoms with E-state index in [1.807, 2.05) is 6.92 Å². The molecule has 0 heterocycles. The zero-order valence-corrected chi connectivity index (χ0v) is 6.96. The van der Waals surface area contributed by atoms with E-state index in [4.69, 9.17) is 11.1 Å². The molecule has 0 amide bonds. The fourth-order valence-electron chi connectivity index (χ4n) is 1.00. The topological polar surface area (TPSA) is 70.1 Å². The molecule has 0 atom stereocenters. The quantitative estimate of drug-likeness (QED) is 0.571. The Balaban J connectivity index is 3.13. The van der Waals surface area contributed by atoms with Crippen LogP contribution in [0.3, 0.4) is 0 Å². The van der Waals surface area contributed by atoms with Gasteiger partial charge in [-0.05, 0) is 19.1 Å². The zero-order valence-electron chi connectivity index (χ0n) is 6.96. The molecule has 0 saturated carbocycles. The van der Waals surface area contributed by atoms with E-state index in [1.54, 1.807) is 18.2 Å². The summed E-state index contributed by atoms with van der Waals surface area (Å²) >= 11 is 0. The highest BCUT2D eigenvalue weighted by atomic mass is 16.3. The van der Waals surface area contributed by atoms with Gasteiger partial charge in [0, 0.05) is 12.1 Å². The highest BCUT2D eigenvalue weighted by Crippen LogP contribution is 2.17. The summed E-state index contributed by atoms with van der Waals surface area (Å²) in [5, 5.41) is 16.8. The van der Waals surface area contributed by atoms with Crippen LogP contribution in [-0.2, 0) is 0 Å². The second-order valence-electron chi connectivity index (χ2n) is 2.70. The minimum Gasteiger partial charge on any atom is -0.507 e. The number of phenolic OH excluding ortho intramolecular Hbond substituents is 1. The van der Waals surface area contributed by atoms with Crippen molar-refractivity contribution in [1.82, 2.24) is 0 Å². The average molecular weight is 164 g/mol. The number of aryl methyl sites for hydroxylation is 1. The second kappa shape index (κ2) is 3.36. The molecule has 1 rings (SSSR count). The molecule has 0 aliphatic carbocycles. The predicted octanol–water partition coefficient (Wildman–Crippen LogP) is 1.03. The lowest BCUT2D eigenvalue weighted by atomic mass is 10.1. The third kappa shape index (κ3) is 1.62. The summed E-state index contributed by atoms with van der Waals surface area (Å²) < 4.78 is 0. The van der Waals surface area contributed by atoms with Crippen LogP contribution in [-0.4, -0.2) is 17.4 Å². The molecule has 12 heavy (non-hydrogen) atoms. The molecule has 0 aliphatic rings. The van der Waals surface area contributed by atoms with Crippen LogP contribution in [0, 0.1) is 12.3 Å². The van der Waals surface area contributed by atoms with Gasteiger partial charge in [0.05, 0.1) is 5.71 Å². The van der Waals surface area contributed by atoms with Crippen molar-refractivity contribution >= 4 is 5.71 Å². The van der Waals surface area contributed by atoms with Crippen LogP contribution in [0.2, 0.25) is 0 Å². The maximum atomic E-state index is 9.34. The van der Waals surface area contributed by atoms with Gasteiger partial charge in [-0.2, -0.15) is 0 Å². The summed E-state index contributed by atoms with van der Waals surface area (Å²) in [5.74, 6) is 0.121. The SMILES string of the molecule is Cc1ccc(O)c(C(=N)CN)c1. The van der Waals surface area contributed by atoms with Crippen molar-refractivity contribution < 1.29 is 5.11 Å². The van der Waals surface area contributed by atoms with Crippen LogP contribution in [0.1, 0.15) is 11.1 Å². The number of nitrogens with two attached hydrogens (primary N) is 1. The van der Waals surface area contributed by atoms with Crippen molar-refractivity contribution in [3.8, 4) is 5.75 Å². The lowest BCUT2D eigenvalue weighted by Gasteiger charge is -2.04. The molecule has 0 saturated heterocycles. The fraction of sp³-hybridized carbons (Fsp3) is 0.222. The van der Waals surface area contributed by atoms with E-state index < -0.39 is 0 Å². The highest BCUT2D eigenvalue weighted by molar-refractivity contribution is 6.01. The molecule has 3 heteroatoms. The van der Waals surface area contributed by atoms with Crippen molar-refractivity contribution in [2.24, 2.45) is 5.73 Å². The highest BCUT2D eigenvalue weighted by Gasteiger charge is 2.04. The summed E-state index contributed by atoms with van der Waals surface area (Å²) in [6.07, 6.45) is 0. The van der Waals surface area contributed by atoms with Gasteiger partial charge in [0.15, 0.2) is 0 Å². The molecule has 3 nitrogen and oxygen atoms in total. The molecule has 64 valence electrons. The smallest absolute Gasteiger partial charge is 0.124 e. The normalized spacial score (nSPS) is 9.83. The standard InChI is InChI=1S/C9H12N2O/c1-6-2-3-9(12)7(4-6)8(11)5-10/h2-4,11-12H,5,10H2,1H3. The third-order valence-corrected chi connectivity index (χ3v) is 1.68. The minimum atomic E-state index is 0.121. The van der Waals surface area contributed by atoms with Gasteiger partial charge in [-0.3, -0.25) is 0 Å². The lowest BCUT2D eigenvalue weighted by molar-refractivity contribution is 0.474. The molecule has 1 aromatic rings. The van der Waals surface area contributed by atoms with Crippen LogP contribution >= 0.6 is 0 Å². The van der Waals surface area contributed by atoms with E-state index in [0.29, 0.717) is 5.56 Å². The van der Waals surface area contributed by atoms with Gasteiger partial charge in [-0.1, -0.05) is 11.6 Å². The van der Waals surface area contributed by atoms with Crippen molar-refractivity contribution in [2.75, 3.05) is 6.54 Å². The van der Waals surface area contributed by atoms with Gasteiger partial charge < -0.3 is 16.2 Å². The van der Waals surface area contributed by atoms with E-state index in [9.17, 15) is 5.11 Å². The first-order valence-electron chi connectivity index (χ1n) is 3.72. The van der Waals surface area contributed by atoms with Crippen LogP contribution in [0.4, 0.5) is 0 Å². The molecule has 0 bridgehead atoms. The lowest BCUT2D eigenvalue weighted by Crippen LogP contribution is -2.13. The maximum absolute atomic E-state index is 9.34. The molecule has 0 spiro atoms. The molecule has 0 fully saturated rings. The van der Waals surface area contributed by atoms with E-state index in [-0.39, 0.29) is 18.0 Å². The Bertz CT molecular complexity index is 307. The molecule has 0 aliphatic heterocycles. The summed E-state index contributed by atoms with van der Waals surface area (Å²) in [6.45, 7) is 2.06. The van der Waals surface area contributed by atoms with Crippen molar-refractivity contribution in [2.45, 2.75) is 6.92 Å². The Morgan fingerprint density at radius 3 is 2.83 bits per heavy atom. The van der Waals surface area contributed by atoms with Gasteiger partial charge in [-0.15, -0.1) is 0 Å². The number of rotatable bonds is 2. The summed E-state index contributed by atoms with van der Waals surface area (Å²) in [4.78, 5) is 0. The molecule has 0 radical (unpaired) electrons. The van der Waals surface area contributed by atoms with Crippen molar-refractivity contribution in [1.29, 1.82) is 5.41 Å². The van der Waals surface area contributed by atoms with E-state index in [2.05, 4.69) is 0 Å². The van der Waals surface area contributed by atoms with Gasteiger partial charge in [0.2, 0.25) is 0 Å². The van der Waals surface area contributed by atoms with E-state index in [1.165, 1.54) is 0 Å². The maximum Gasteiger partial charge on any atom is 0.124 e. The van der Waals surface area contributed by atoms with E-state index >= 15 is 0 Å². The monoisotopic (exact) mass is 164 g/mol. The minimum absolute atomic E-state index is 0.121. The van der Waals surface area contributed by atoms with Crippen molar-refractivity contribution in [3.05, 3.63) is 29.3 Å². The number of aromatic hydroxyl groups is 1. The Morgan fingerprint density at radius 1 is 1.58 bits per heavy atom. The van der Waals surface area contributed by atoms with Crippen LogP contribution in [0.5, 0.6) is 5.75 Å². The van der Waals surface area contributed by atoms with Crippen molar-refractivity contribution in [3.63, 3.8) is 0 Å². The summed E-state index contributed by atoms with van der Waals surface area (Å²) in [6, 6.07) is 5.13. The van der Waals surface area contributed by atoms with Crippen LogP contribution < -0.4 is 5.73 Å². The van der Waals surface area contributed by atoms with Crippen LogP contribution in [0.25, 0.3) is 0 Å². The number of nitrogens with one attached hydrogen (secondary N) is 1. The number of phenols is 1. The summed E-state index contributed by atoms with van der Waals surface area (Å²) in [5.41, 5.74) is 7.09. The molecular weight excluding hydrogens is 152 g/mol. The predicted molar refractivity (Wildman–Crippen MR) is 48.7 cm³/mol. The largest absolute Gasteiger partial charge is 0.507 e. The first kappa shape index (κ1) is 8.74. The fourth-order valence-corrected chi connectivity index (χ4v) is 1.00. The van der Waals surface area contributed by atoms with Gasteiger partial charge in [-0.25, -0.2) is 0 Å².